The van der Waals surface area contributed by atoms with E-state index < -0.39 is 0 Å². The summed E-state index contributed by atoms with van der Waals surface area (Å²) in [6, 6.07) is 5.12. The van der Waals surface area contributed by atoms with Gasteiger partial charge in [-0.15, -0.1) is 12.4 Å². The number of benzene rings is 1. The summed E-state index contributed by atoms with van der Waals surface area (Å²) in [4.78, 5) is 0. The van der Waals surface area contributed by atoms with Crippen molar-refractivity contribution in [3.63, 3.8) is 0 Å². The van der Waals surface area contributed by atoms with Crippen molar-refractivity contribution in [1.82, 2.24) is 0 Å². The molecule has 0 heterocycles. The van der Waals surface area contributed by atoms with Crippen LogP contribution in [-0.2, 0) is 0 Å². The van der Waals surface area contributed by atoms with Crippen LogP contribution in [0.15, 0.2) is 18.2 Å². The summed E-state index contributed by atoms with van der Waals surface area (Å²) in [5.41, 5.74) is 12.9. The van der Waals surface area contributed by atoms with Gasteiger partial charge in [0.25, 0.3) is 0 Å². The molecule has 0 saturated carbocycles. The fraction of sp³-hybridized carbons (Fsp3) is 0.500. The van der Waals surface area contributed by atoms with Crippen LogP contribution >= 0.6 is 12.4 Å². The number of nitrogens with two attached hydrogens (primary N) is 2. The van der Waals surface area contributed by atoms with E-state index >= 15 is 0 Å². The van der Waals surface area contributed by atoms with E-state index in [1.807, 2.05) is 6.07 Å². The average Bonchev–Trinajstić information content (AvgIpc) is 2.22. The highest BCUT2D eigenvalue weighted by Crippen LogP contribution is 2.19. The smallest absolute Gasteiger partial charge is 0.126 e. The summed E-state index contributed by atoms with van der Waals surface area (Å²) in [5.74, 6) is -0.179. The van der Waals surface area contributed by atoms with E-state index in [1.54, 1.807) is 13.0 Å². The molecule has 0 fully saturated rings. The molecule has 0 amide bonds. The second-order valence-corrected chi connectivity index (χ2v) is 3.90. The quantitative estimate of drug-likeness (QED) is 0.785. The zero-order valence-electron chi connectivity index (χ0n) is 9.58. The predicted molar refractivity (Wildman–Crippen MR) is 68.2 cm³/mol. The van der Waals surface area contributed by atoms with Gasteiger partial charge in [0, 0.05) is 6.04 Å². The minimum atomic E-state index is -0.179. The lowest BCUT2D eigenvalue weighted by Gasteiger charge is -2.12. The number of hydrogen-bond donors (Lipinski definition) is 2. The molecule has 0 unspecified atom stereocenters. The Morgan fingerprint density at radius 2 is 2.00 bits per heavy atom. The van der Waals surface area contributed by atoms with Crippen LogP contribution in [0.4, 0.5) is 4.39 Å². The maximum Gasteiger partial charge on any atom is 0.126 e. The number of unbranched alkanes of at least 4 members (excludes halogenated alkanes) is 1. The van der Waals surface area contributed by atoms with Crippen molar-refractivity contribution >= 4 is 12.4 Å². The zero-order valence-corrected chi connectivity index (χ0v) is 10.4. The van der Waals surface area contributed by atoms with Crippen LogP contribution < -0.4 is 11.5 Å². The van der Waals surface area contributed by atoms with Crippen LogP contribution in [0.1, 0.15) is 36.4 Å². The standard InChI is InChI=1S/C12H19FN2.ClH/c1-9-5-6-10(8-11(9)13)12(15)4-2-3-7-14;/h5-6,8,12H,2-4,7,14-15H2,1H3;1H/t12-;/m1./s1. The summed E-state index contributed by atoms with van der Waals surface area (Å²) in [7, 11) is 0. The highest BCUT2D eigenvalue weighted by Gasteiger charge is 2.07. The van der Waals surface area contributed by atoms with Gasteiger partial charge in [-0.1, -0.05) is 18.6 Å². The first-order valence-corrected chi connectivity index (χ1v) is 5.37. The summed E-state index contributed by atoms with van der Waals surface area (Å²) < 4.78 is 13.3. The van der Waals surface area contributed by atoms with Gasteiger partial charge < -0.3 is 11.5 Å². The Balaban J connectivity index is 0.00000225. The molecule has 16 heavy (non-hydrogen) atoms. The van der Waals surface area contributed by atoms with Crippen LogP contribution in [0.5, 0.6) is 0 Å². The Labute approximate surface area is 103 Å². The van der Waals surface area contributed by atoms with Crippen LogP contribution in [-0.4, -0.2) is 6.54 Å². The third-order valence-electron chi connectivity index (χ3n) is 2.59. The fourth-order valence-electron chi connectivity index (χ4n) is 1.52. The molecule has 0 saturated heterocycles. The average molecular weight is 247 g/mol. The van der Waals surface area contributed by atoms with Gasteiger partial charge in [-0.25, -0.2) is 4.39 Å². The van der Waals surface area contributed by atoms with Crippen molar-refractivity contribution in [2.75, 3.05) is 6.54 Å². The SMILES string of the molecule is Cc1ccc([C@H](N)CCCCN)cc1F.Cl. The highest BCUT2D eigenvalue weighted by molar-refractivity contribution is 5.85. The Bertz CT molecular complexity index is 318. The summed E-state index contributed by atoms with van der Waals surface area (Å²) in [5, 5.41) is 0. The molecule has 0 aromatic heterocycles. The Morgan fingerprint density at radius 1 is 1.31 bits per heavy atom. The fourth-order valence-corrected chi connectivity index (χ4v) is 1.52. The molecule has 0 bridgehead atoms. The normalized spacial score (nSPS) is 12.0. The molecule has 1 aromatic rings. The monoisotopic (exact) mass is 246 g/mol. The second-order valence-electron chi connectivity index (χ2n) is 3.90. The molecule has 0 radical (unpaired) electrons. The minimum absolute atomic E-state index is 0. The first-order chi connectivity index (χ1) is 7.15. The molecule has 92 valence electrons. The van der Waals surface area contributed by atoms with Gasteiger partial charge in [-0.2, -0.15) is 0 Å². The molecule has 4 N–H and O–H groups in total. The van der Waals surface area contributed by atoms with Crippen LogP contribution in [0.3, 0.4) is 0 Å². The van der Waals surface area contributed by atoms with Crippen molar-refractivity contribution in [1.29, 1.82) is 0 Å². The first-order valence-electron chi connectivity index (χ1n) is 5.37. The number of halogens is 2. The lowest BCUT2D eigenvalue weighted by atomic mass is 10.0. The molecule has 0 aliphatic heterocycles. The molecule has 2 nitrogen and oxygen atoms in total. The van der Waals surface area contributed by atoms with Gasteiger partial charge in [0.05, 0.1) is 0 Å². The second kappa shape index (κ2) is 7.60. The van der Waals surface area contributed by atoms with Crippen LogP contribution in [0.2, 0.25) is 0 Å². The van der Waals surface area contributed by atoms with E-state index in [1.165, 1.54) is 6.07 Å². The van der Waals surface area contributed by atoms with Crippen molar-refractivity contribution in [2.24, 2.45) is 11.5 Å². The zero-order chi connectivity index (χ0) is 11.3. The lowest BCUT2D eigenvalue weighted by Crippen LogP contribution is -2.11. The van der Waals surface area contributed by atoms with E-state index in [0.717, 1.165) is 24.8 Å². The third kappa shape index (κ3) is 4.47. The molecule has 0 spiro atoms. The van der Waals surface area contributed by atoms with Crippen molar-refractivity contribution in [3.8, 4) is 0 Å². The summed E-state index contributed by atoms with van der Waals surface area (Å²) in [6.45, 7) is 2.44. The van der Waals surface area contributed by atoms with Gasteiger partial charge in [0.2, 0.25) is 0 Å². The minimum Gasteiger partial charge on any atom is -0.330 e. The number of hydrogen-bond acceptors (Lipinski definition) is 2. The number of aryl methyl sites for hydroxylation is 1. The van der Waals surface area contributed by atoms with Gasteiger partial charge in [-0.3, -0.25) is 0 Å². The predicted octanol–water partition coefficient (Wildman–Crippen LogP) is 2.68. The van der Waals surface area contributed by atoms with Gasteiger partial charge in [0.15, 0.2) is 0 Å². The van der Waals surface area contributed by atoms with Crippen molar-refractivity contribution in [3.05, 3.63) is 35.1 Å². The highest BCUT2D eigenvalue weighted by atomic mass is 35.5. The topological polar surface area (TPSA) is 52.0 Å². The van der Waals surface area contributed by atoms with Crippen molar-refractivity contribution in [2.45, 2.75) is 32.2 Å². The van der Waals surface area contributed by atoms with Crippen LogP contribution in [0.25, 0.3) is 0 Å². The van der Waals surface area contributed by atoms with E-state index in [0.29, 0.717) is 12.1 Å². The van der Waals surface area contributed by atoms with E-state index in [4.69, 9.17) is 11.5 Å². The summed E-state index contributed by atoms with van der Waals surface area (Å²) in [6.07, 6.45) is 2.83. The maximum atomic E-state index is 13.3. The maximum absolute atomic E-state index is 13.3. The third-order valence-corrected chi connectivity index (χ3v) is 2.59. The van der Waals surface area contributed by atoms with E-state index in [2.05, 4.69) is 0 Å². The molecule has 0 aliphatic rings. The van der Waals surface area contributed by atoms with Gasteiger partial charge >= 0.3 is 0 Å². The first kappa shape index (κ1) is 15.4. The Kier molecular flexibility index (Phi) is 7.30. The largest absolute Gasteiger partial charge is 0.330 e. The van der Waals surface area contributed by atoms with Crippen LogP contribution in [0, 0.1) is 12.7 Å². The van der Waals surface area contributed by atoms with Gasteiger partial charge in [-0.05, 0) is 43.5 Å². The molecule has 1 aromatic carbocycles. The Hall–Kier alpha value is -0.640. The molecular formula is C12H20ClFN2. The number of rotatable bonds is 5. The van der Waals surface area contributed by atoms with E-state index in [-0.39, 0.29) is 24.3 Å². The summed E-state index contributed by atoms with van der Waals surface area (Å²) >= 11 is 0. The molecule has 1 rings (SSSR count). The van der Waals surface area contributed by atoms with Gasteiger partial charge in [0.1, 0.15) is 5.82 Å². The molecule has 1 atom stereocenters. The molecule has 4 heteroatoms. The molecule has 0 aliphatic carbocycles. The van der Waals surface area contributed by atoms with E-state index in [9.17, 15) is 4.39 Å². The Morgan fingerprint density at radius 3 is 2.56 bits per heavy atom. The lowest BCUT2D eigenvalue weighted by molar-refractivity contribution is 0.577. The molecular weight excluding hydrogens is 227 g/mol. The van der Waals surface area contributed by atoms with Crippen molar-refractivity contribution < 1.29 is 4.39 Å².